The fourth-order valence-corrected chi connectivity index (χ4v) is 2.49. The van der Waals surface area contributed by atoms with E-state index in [-0.39, 0.29) is 23.5 Å². The second kappa shape index (κ2) is 9.41. The molecule has 1 N–H and O–H groups in total. The number of hydrogen-bond acceptors (Lipinski definition) is 1. The Kier molecular flexibility index (Phi) is 8.19. The third kappa shape index (κ3) is 6.84. The average Bonchev–Trinajstić information content (AvgIpc) is 2.53. The van der Waals surface area contributed by atoms with Crippen molar-refractivity contribution in [2.24, 2.45) is 0 Å². The van der Waals surface area contributed by atoms with Crippen LogP contribution >= 0.6 is 11.6 Å². The monoisotopic (exact) mass is 394 g/mol. The van der Waals surface area contributed by atoms with E-state index in [1.54, 1.807) is 12.1 Å². The van der Waals surface area contributed by atoms with Gasteiger partial charge >= 0.3 is 6.18 Å². The van der Waals surface area contributed by atoms with Crippen LogP contribution in [0.3, 0.4) is 0 Å². The third-order valence-electron chi connectivity index (χ3n) is 3.79. The van der Waals surface area contributed by atoms with Crippen molar-refractivity contribution in [2.45, 2.75) is 38.5 Å². The van der Waals surface area contributed by atoms with E-state index in [1.807, 2.05) is 6.92 Å². The zero-order valence-electron chi connectivity index (χ0n) is 13.5. The van der Waals surface area contributed by atoms with Crippen LogP contribution in [0.2, 0.25) is 5.02 Å². The average molecular weight is 395 g/mol. The van der Waals surface area contributed by atoms with E-state index in [1.165, 1.54) is 18.2 Å². The lowest BCUT2D eigenvalue weighted by Crippen LogP contribution is -3.00. The molecule has 25 heavy (non-hydrogen) atoms. The minimum atomic E-state index is -4.31. The van der Waals surface area contributed by atoms with Gasteiger partial charge in [0.25, 0.3) is 0 Å². The number of halogens is 6. The molecule has 138 valence electrons. The maximum absolute atomic E-state index is 13.1. The maximum Gasteiger partial charge on any atom is 0.416 e. The summed E-state index contributed by atoms with van der Waals surface area (Å²) in [6.45, 7) is 2.48. The highest BCUT2D eigenvalue weighted by Gasteiger charge is 2.29. The molecule has 0 amide bonds. The van der Waals surface area contributed by atoms with Gasteiger partial charge in [-0.05, 0) is 55.2 Å². The molecule has 0 bridgehead atoms. The van der Waals surface area contributed by atoms with E-state index in [2.05, 4.69) is 5.32 Å². The summed E-state index contributed by atoms with van der Waals surface area (Å²) in [6.07, 6.45) is -2.76. The minimum Gasteiger partial charge on any atom is -1.00 e. The van der Waals surface area contributed by atoms with Crippen molar-refractivity contribution in [3.63, 3.8) is 0 Å². The Morgan fingerprint density at radius 1 is 1.04 bits per heavy atom. The Hall–Kier alpha value is -1.30. The van der Waals surface area contributed by atoms with Gasteiger partial charge in [0.15, 0.2) is 0 Å². The summed E-state index contributed by atoms with van der Waals surface area (Å²) in [5.74, 6) is -0.436. The summed E-state index contributed by atoms with van der Waals surface area (Å²) < 4.78 is 50.6. The first kappa shape index (κ1) is 21.7. The number of aryl methyl sites for hydroxylation is 1. The molecule has 0 fully saturated rings. The summed E-state index contributed by atoms with van der Waals surface area (Å²) in [4.78, 5) is 0. The van der Waals surface area contributed by atoms with Gasteiger partial charge in [-0.2, -0.15) is 13.2 Å². The SMILES string of the molecule is C[C@H](CCc1ccc(F)c(Cl)c1)NCc1ccc(C(F)(F)F)cc1.[Cl-]. The second-order valence-corrected chi connectivity index (χ2v) is 6.17. The van der Waals surface area contributed by atoms with E-state index >= 15 is 0 Å². The molecule has 2 aromatic carbocycles. The van der Waals surface area contributed by atoms with E-state index in [9.17, 15) is 17.6 Å². The van der Waals surface area contributed by atoms with Crippen molar-refractivity contribution in [2.75, 3.05) is 0 Å². The molecule has 0 aliphatic rings. The van der Waals surface area contributed by atoms with Crippen LogP contribution in [0.15, 0.2) is 42.5 Å². The topological polar surface area (TPSA) is 12.0 Å². The van der Waals surface area contributed by atoms with E-state index in [0.29, 0.717) is 6.54 Å². The Morgan fingerprint density at radius 2 is 1.64 bits per heavy atom. The van der Waals surface area contributed by atoms with Gasteiger partial charge in [-0.1, -0.05) is 29.8 Å². The Labute approximate surface area is 155 Å². The first-order valence-corrected chi connectivity index (χ1v) is 7.97. The molecular weight excluding hydrogens is 377 g/mol. The van der Waals surface area contributed by atoms with Crippen molar-refractivity contribution in [3.8, 4) is 0 Å². The molecule has 7 heteroatoms. The first-order valence-electron chi connectivity index (χ1n) is 7.59. The second-order valence-electron chi connectivity index (χ2n) is 5.76. The molecule has 1 atom stereocenters. The molecule has 2 aromatic rings. The van der Waals surface area contributed by atoms with Gasteiger partial charge in [0.05, 0.1) is 10.6 Å². The van der Waals surface area contributed by atoms with Crippen LogP contribution in [0.25, 0.3) is 0 Å². The van der Waals surface area contributed by atoms with E-state index in [4.69, 9.17) is 11.6 Å². The highest BCUT2D eigenvalue weighted by molar-refractivity contribution is 6.30. The van der Waals surface area contributed by atoms with Crippen LogP contribution in [0.4, 0.5) is 17.6 Å². The van der Waals surface area contributed by atoms with Crippen LogP contribution in [-0.4, -0.2) is 6.04 Å². The van der Waals surface area contributed by atoms with E-state index in [0.717, 1.165) is 36.1 Å². The predicted octanol–water partition coefficient (Wildman–Crippen LogP) is 2.61. The normalized spacial score (nSPS) is 12.6. The summed E-state index contributed by atoms with van der Waals surface area (Å²) in [5, 5.41) is 3.37. The predicted molar refractivity (Wildman–Crippen MR) is 87.5 cm³/mol. The van der Waals surface area contributed by atoms with Gasteiger partial charge in [-0.15, -0.1) is 0 Å². The van der Waals surface area contributed by atoms with Crippen molar-refractivity contribution < 1.29 is 30.0 Å². The zero-order chi connectivity index (χ0) is 17.7. The molecule has 0 saturated carbocycles. The molecule has 0 saturated heterocycles. The molecule has 0 spiro atoms. The quantitative estimate of drug-likeness (QED) is 0.742. The lowest BCUT2D eigenvalue weighted by atomic mass is 10.1. The Balaban J connectivity index is 0.00000312. The molecule has 0 aromatic heterocycles. The van der Waals surface area contributed by atoms with Gasteiger partial charge in [0.1, 0.15) is 5.82 Å². The molecule has 1 nitrogen and oxygen atoms in total. The highest BCUT2D eigenvalue weighted by Crippen LogP contribution is 2.29. The Bertz CT molecular complexity index is 672. The van der Waals surface area contributed by atoms with Gasteiger partial charge in [-0.3, -0.25) is 0 Å². The lowest BCUT2D eigenvalue weighted by Gasteiger charge is -2.14. The molecule has 0 heterocycles. The lowest BCUT2D eigenvalue weighted by molar-refractivity contribution is -0.137. The van der Waals surface area contributed by atoms with E-state index < -0.39 is 17.6 Å². The number of rotatable bonds is 6. The number of alkyl halides is 3. The molecule has 0 unspecified atom stereocenters. The summed E-state index contributed by atoms with van der Waals surface area (Å²) in [5.41, 5.74) is 1.09. The van der Waals surface area contributed by atoms with Gasteiger partial charge in [0, 0.05) is 12.6 Å². The standard InChI is InChI=1S/C18H18ClF4N.ClH/c1-12(2-3-13-6-9-17(20)16(19)10-13)24-11-14-4-7-15(8-5-14)18(21,22)23;/h4-10,12,24H,2-3,11H2,1H3;1H/p-1/t12-;/m1./s1. The molecule has 0 aliphatic carbocycles. The third-order valence-corrected chi connectivity index (χ3v) is 4.08. The first-order chi connectivity index (χ1) is 11.3. The number of benzene rings is 2. The van der Waals surface area contributed by atoms with Crippen molar-refractivity contribution in [1.82, 2.24) is 5.32 Å². The molecular formula is C18H18Cl2F4N-. The number of nitrogens with one attached hydrogen (secondary N) is 1. The van der Waals surface area contributed by atoms with Crippen LogP contribution < -0.4 is 17.7 Å². The Morgan fingerprint density at radius 3 is 2.20 bits per heavy atom. The van der Waals surface area contributed by atoms with Gasteiger partial charge < -0.3 is 17.7 Å². The zero-order valence-corrected chi connectivity index (χ0v) is 15.0. The smallest absolute Gasteiger partial charge is 0.416 e. The summed E-state index contributed by atoms with van der Waals surface area (Å²) in [7, 11) is 0. The highest BCUT2D eigenvalue weighted by atomic mass is 35.5. The van der Waals surface area contributed by atoms with Crippen LogP contribution in [0.5, 0.6) is 0 Å². The summed E-state index contributed by atoms with van der Waals surface area (Å²) in [6, 6.07) is 9.94. The summed E-state index contributed by atoms with van der Waals surface area (Å²) >= 11 is 5.74. The maximum atomic E-state index is 13.1. The largest absolute Gasteiger partial charge is 1.00 e. The van der Waals surface area contributed by atoms with Crippen LogP contribution in [-0.2, 0) is 19.1 Å². The van der Waals surface area contributed by atoms with Crippen molar-refractivity contribution in [3.05, 3.63) is 70.0 Å². The van der Waals surface area contributed by atoms with Gasteiger partial charge in [0.2, 0.25) is 0 Å². The minimum absolute atomic E-state index is 0. The van der Waals surface area contributed by atoms with Crippen molar-refractivity contribution in [1.29, 1.82) is 0 Å². The fraction of sp³-hybridized carbons (Fsp3) is 0.333. The van der Waals surface area contributed by atoms with Crippen molar-refractivity contribution >= 4 is 11.6 Å². The molecule has 2 rings (SSSR count). The molecule has 0 radical (unpaired) electrons. The van der Waals surface area contributed by atoms with Crippen LogP contribution in [0, 0.1) is 5.82 Å². The van der Waals surface area contributed by atoms with Crippen LogP contribution in [0.1, 0.15) is 30.0 Å². The van der Waals surface area contributed by atoms with Gasteiger partial charge in [-0.25, -0.2) is 4.39 Å². The molecule has 0 aliphatic heterocycles. The number of hydrogen-bond donors (Lipinski definition) is 1. The fourth-order valence-electron chi connectivity index (χ4n) is 2.28.